The minimum atomic E-state index is 0.626. The molecule has 0 aliphatic rings. The second-order valence-electron chi connectivity index (χ2n) is 2.70. The zero-order valence-electron chi connectivity index (χ0n) is 6.69. The zero-order chi connectivity index (χ0) is 10.3. The molecule has 1 aromatic carbocycles. The van der Waals surface area contributed by atoms with Crippen molar-refractivity contribution in [3.05, 3.63) is 36.4 Å². The number of hydrogen-bond donors (Lipinski definition) is 0. The third-order valence-electron chi connectivity index (χ3n) is 1.78. The highest BCUT2D eigenvalue weighted by Gasteiger charge is 2.08. The van der Waals surface area contributed by atoms with Crippen LogP contribution in [-0.4, -0.2) is 4.98 Å². The normalized spacial score (nSPS) is 10.9. The lowest BCUT2D eigenvalue weighted by Crippen LogP contribution is -1.84. The Morgan fingerprint density at radius 3 is 2.71 bits per heavy atom. The summed E-state index contributed by atoms with van der Waals surface area (Å²) in [5, 5.41) is 2.15. The molecule has 0 N–H and O–H groups in total. The first-order chi connectivity index (χ1) is 6.59. The topological polar surface area (TPSA) is 12.9 Å². The van der Waals surface area contributed by atoms with Gasteiger partial charge in [-0.15, -0.1) is 0 Å². The molecule has 2 aromatic rings. The van der Waals surface area contributed by atoms with Crippen LogP contribution in [0.2, 0.25) is 10.0 Å². The molecule has 0 amide bonds. The Balaban J connectivity index is 2.95. The first-order valence-corrected chi connectivity index (χ1v) is 6.31. The average Bonchev–Trinajstić information content (AvgIpc) is 2.12. The predicted octanol–water partition coefficient (Wildman–Crippen LogP) is 4.91. The molecule has 0 aliphatic carbocycles. The minimum Gasteiger partial charge on any atom is -0.253 e. The van der Waals surface area contributed by atoms with Gasteiger partial charge in [0.05, 0.1) is 20.0 Å². The lowest BCUT2D eigenvalue weighted by Gasteiger charge is -2.04. The third kappa shape index (κ3) is 1.87. The third-order valence-corrected chi connectivity index (χ3v) is 3.93. The monoisotopic (exact) mass is 401 g/mol. The molecule has 1 heterocycles. The van der Waals surface area contributed by atoms with Gasteiger partial charge in [0.15, 0.2) is 0 Å². The van der Waals surface area contributed by atoms with Gasteiger partial charge in [0.1, 0.15) is 0 Å². The summed E-state index contributed by atoms with van der Waals surface area (Å²) in [5.74, 6) is 0. The Labute approximate surface area is 113 Å². The van der Waals surface area contributed by atoms with Gasteiger partial charge in [-0.3, -0.25) is 4.98 Å². The number of halogens is 4. The van der Waals surface area contributed by atoms with Gasteiger partial charge in [-0.1, -0.05) is 23.2 Å². The zero-order valence-corrected chi connectivity index (χ0v) is 11.9. The maximum absolute atomic E-state index is 6.12. The fourth-order valence-corrected chi connectivity index (χ4v) is 2.75. The van der Waals surface area contributed by atoms with Crippen molar-refractivity contribution in [3.8, 4) is 0 Å². The highest BCUT2D eigenvalue weighted by atomic mass is 127. The molecule has 0 saturated heterocycles. The number of pyridine rings is 1. The molecule has 0 unspecified atom stereocenters. The van der Waals surface area contributed by atoms with Crippen LogP contribution in [0.15, 0.2) is 22.8 Å². The molecule has 0 fully saturated rings. The fourth-order valence-electron chi connectivity index (χ4n) is 1.17. The summed E-state index contributed by atoms with van der Waals surface area (Å²) in [6, 6.07) is 3.82. The van der Waals surface area contributed by atoms with Crippen molar-refractivity contribution in [3.63, 3.8) is 0 Å². The van der Waals surface area contributed by atoms with E-state index in [-0.39, 0.29) is 0 Å². The van der Waals surface area contributed by atoms with Gasteiger partial charge in [-0.2, -0.15) is 0 Å². The summed E-state index contributed by atoms with van der Waals surface area (Å²) in [6.07, 6.45) is 1.66. The van der Waals surface area contributed by atoms with Crippen molar-refractivity contribution in [2.45, 2.75) is 0 Å². The number of rotatable bonds is 0. The lowest BCUT2D eigenvalue weighted by atomic mass is 10.2. The summed E-state index contributed by atoms with van der Waals surface area (Å²) < 4.78 is 1.83. The smallest absolute Gasteiger partial charge is 0.0904 e. The first-order valence-electron chi connectivity index (χ1n) is 3.68. The Hall–Kier alpha value is 0.420. The summed E-state index contributed by atoms with van der Waals surface area (Å²) in [7, 11) is 0. The molecule has 0 saturated carbocycles. The summed E-state index contributed by atoms with van der Waals surface area (Å²) in [6.45, 7) is 0. The number of fused-ring (bicyclic) bond motifs is 1. The predicted molar refractivity (Wildman–Crippen MR) is 72.2 cm³/mol. The van der Waals surface area contributed by atoms with Crippen LogP contribution < -0.4 is 0 Å². The first kappa shape index (κ1) is 10.9. The van der Waals surface area contributed by atoms with Crippen LogP contribution in [0.5, 0.6) is 0 Å². The fraction of sp³-hybridized carbons (Fsp3) is 0. The number of hydrogen-bond acceptors (Lipinski definition) is 1. The highest BCUT2D eigenvalue weighted by Crippen LogP contribution is 2.33. The van der Waals surface area contributed by atoms with Gasteiger partial charge < -0.3 is 0 Å². The standard InChI is InChI=1S/C9H3BrCl2IN/c10-6-3-14-9-5(8(6)12)1-4(13)2-7(9)11/h1-3H. The molecular formula is C9H3BrCl2IN. The van der Waals surface area contributed by atoms with E-state index in [0.29, 0.717) is 10.0 Å². The van der Waals surface area contributed by atoms with Gasteiger partial charge >= 0.3 is 0 Å². The van der Waals surface area contributed by atoms with Gasteiger partial charge in [0.25, 0.3) is 0 Å². The van der Waals surface area contributed by atoms with E-state index in [2.05, 4.69) is 43.5 Å². The molecule has 1 aromatic heterocycles. The van der Waals surface area contributed by atoms with Crippen LogP contribution in [0.1, 0.15) is 0 Å². The highest BCUT2D eigenvalue weighted by molar-refractivity contribution is 14.1. The van der Waals surface area contributed by atoms with Crippen molar-refractivity contribution in [1.29, 1.82) is 0 Å². The lowest BCUT2D eigenvalue weighted by molar-refractivity contribution is 1.39. The van der Waals surface area contributed by atoms with Gasteiger partial charge in [-0.25, -0.2) is 0 Å². The van der Waals surface area contributed by atoms with Crippen LogP contribution >= 0.6 is 61.7 Å². The number of benzene rings is 1. The molecule has 14 heavy (non-hydrogen) atoms. The van der Waals surface area contributed by atoms with Crippen LogP contribution in [0.3, 0.4) is 0 Å². The number of nitrogens with zero attached hydrogens (tertiary/aromatic N) is 1. The quantitative estimate of drug-likeness (QED) is 0.571. The van der Waals surface area contributed by atoms with Gasteiger partial charge in [0, 0.05) is 15.2 Å². The second kappa shape index (κ2) is 4.12. The van der Waals surface area contributed by atoms with Crippen LogP contribution in [0.4, 0.5) is 0 Å². The Morgan fingerprint density at radius 1 is 1.29 bits per heavy atom. The molecular weight excluding hydrogens is 400 g/mol. The van der Waals surface area contributed by atoms with Gasteiger partial charge in [0.2, 0.25) is 0 Å². The summed E-state index contributed by atoms with van der Waals surface area (Å²) in [5.41, 5.74) is 0.736. The molecule has 0 spiro atoms. The SMILES string of the molecule is Clc1c(Br)cnc2c(Cl)cc(I)cc12. The van der Waals surface area contributed by atoms with E-state index in [1.807, 2.05) is 12.1 Å². The van der Waals surface area contributed by atoms with E-state index < -0.39 is 0 Å². The van der Waals surface area contributed by atoms with E-state index in [1.54, 1.807) is 6.20 Å². The maximum Gasteiger partial charge on any atom is 0.0904 e. The minimum absolute atomic E-state index is 0.626. The maximum atomic E-state index is 6.12. The Bertz CT molecular complexity index is 516. The van der Waals surface area contributed by atoms with E-state index in [0.717, 1.165) is 18.9 Å². The molecule has 0 bridgehead atoms. The van der Waals surface area contributed by atoms with E-state index in [1.165, 1.54) is 0 Å². The van der Waals surface area contributed by atoms with Crippen LogP contribution in [-0.2, 0) is 0 Å². The average molecular weight is 403 g/mol. The summed E-state index contributed by atoms with van der Waals surface area (Å²) >= 11 is 17.7. The van der Waals surface area contributed by atoms with Crippen molar-refractivity contribution < 1.29 is 0 Å². The largest absolute Gasteiger partial charge is 0.253 e. The van der Waals surface area contributed by atoms with Crippen LogP contribution in [0, 0.1) is 3.57 Å². The molecule has 0 aliphatic heterocycles. The van der Waals surface area contributed by atoms with Crippen molar-refractivity contribution in [2.24, 2.45) is 0 Å². The molecule has 0 radical (unpaired) electrons. The van der Waals surface area contributed by atoms with E-state index in [4.69, 9.17) is 23.2 Å². The van der Waals surface area contributed by atoms with E-state index in [9.17, 15) is 0 Å². The van der Waals surface area contributed by atoms with Gasteiger partial charge in [-0.05, 0) is 50.7 Å². The Morgan fingerprint density at radius 2 is 2.00 bits per heavy atom. The van der Waals surface area contributed by atoms with Crippen molar-refractivity contribution in [2.75, 3.05) is 0 Å². The second-order valence-corrected chi connectivity index (χ2v) is 5.59. The molecule has 0 atom stereocenters. The molecule has 1 nitrogen and oxygen atoms in total. The van der Waals surface area contributed by atoms with Crippen molar-refractivity contribution >= 4 is 72.6 Å². The molecule has 5 heteroatoms. The molecule has 2 rings (SSSR count). The van der Waals surface area contributed by atoms with Crippen LogP contribution in [0.25, 0.3) is 10.9 Å². The summed E-state index contributed by atoms with van der Waals surface area (Å²) in [4.78, 5) is 4.22. The number of aromatic nitrogens is 1. The van der Waals surface area contributed by atoms with Crippen molar-refractivity contribution in [1.82, 2.24) is 4.98 Å². The van der Waals surface area contributed by atoms with E-state index >= 15 is 0 Å². The Kier molecular flexibility index (Phi) is 3.21. The molecule has 72 valence electrons.